The zero-order valence-electron chi connectivity index (χ0n) is 14.8. The summed E-state index contributed by atoms with van der Waals surface area (Å²) in [6.45, 7) is 0.885. The van der Waals surface area contributed by atoms with E-state index in [2.05, 4.69) is 10.3 Å². The molecule has 0 unspecified atom stereocenters. The Bertz CT molecular complexity index is 902. The van der Waals surface area contributed by atoms with Gasteiger partial charge in [-0.05, 0) is 48.2 Å². The van der Waals surface area contributed by atoms with Gasteiger partial charge in [-0.25, -0.2) is 0 Å². The molecule has 0 saturated carbocycles. The van der Waals surface area contributed by atoms with Gasteiger partial charge in [-0.1, -0.05) is 29.8 Å². The second kappa shape index (κ2) is 9.44. The Hall–Kier alpha value is -2.50. The normalized spacial score (nSPS) is 10.4. The molecule has 0 aliphatic rings. The minimum Gasteiger partial charge on any atom is -0.489 e. The number of nitrogens with one attached hydrogen (secondary N) is 1. The van der Waals surface area contributed by atoms with E-state index >= 15 is 0 Å². The molecule has 0 atom stereocenters. The summed E-state index contributed by atoms with van der Waals surface area (Å²) >= 11 is 7.72. The molecular weight excluding hydrogens is 380 g/mol. The molecule has 3 rings (SSSR count). The third kappa shape index (κ3) is 5.49. The number of thioether (sulfide) groups is 1. The first-order chi connectivity index (χ1) is 13.2. The second-order valence-corrected chi connectivity index (χ2v) is 7.11. The molecule has 27 heavy (non-hydrogen) atoms. The van der Waals surface area contributed by atoms with Gasteiger partial charge in [-0.3, -0.25) is 9.78 Å². The number of pyridine rings is 1. The number of nitrogens with zero attached hydrogens (tertiary/aromatic N) is 1. The van der Waals surface area contributed by atoms with E-state index in [1.54, 1.807) is 36.3 Å². The summed E-state index contributed by atoms with van der Waals surface area (Å²) in [5.41, 5.74) is 2.48. The van der Waals surface area contributed by atoms with Crippen molar-refractivity contribution in [1.29, 1.82) is 0 Å². The second-order valence-electron chi connectivity index (χ2n) is 5.82. The van der Waals surface area contributed by atoms with Gasteiger partial charge in [0.25, 0.3) is 5.91 Å². The molecule has 0 spiro atoms. The summed E-state index contributed by atoms with van der Waals surface area (Å²) in [5.74, 6) is 0.581. The molecule has 0 radical (unpaired) electrons. The van der Waals surface area contributed by atoms with Crippen LogP contribution in [0.5, 0.6) is 5.75 Å². The summed E-state index contributed by atoms with van der Waals surface area (Å²) in [4.78, 5) is 17.5. The minimum atomic E-state index is -0.187. The number of hydrogen-bond acceptors (Lipinski definition) is 4. The highest BCUT2D eigenvalue weighted by Gasteiger charge is 2.11. The van der Waals surface area contributed by atoms with Crippen molar-refractivity contribution < 1.29 is 9.53 Å². The van der Waals surface area contributed by atoms with Crippen molar-refractivity contribution in [1.82, 2.24) is 10.3 Å². The first kappa shape index (κ1) is 19.3. The van der Waals surface area contributed by atoms with Crippen LogP contribution >= 0.6 is 23.4 Å². The Balaban J connectivity index is 1.55. The molecule has 0 fully saturated rings. The highest BCUT2D eigenvalue weighted by Crippen LogP contribution is 2.23. The summed E-state index contributed by atoms with van der Waals surface area (Å²) in [7, 11) is 0. The number of hydrogen-bond donors (Lipinski definition) is 1. The Morgan fingerprint density at radius 3 is 2.67 bits per heavy atom. The number of rotatable bonds is 7. The number of aromatic nitrogens is 1. The van der Waals surface area contributed by atoms with E-state index in [0.29, 0.717) is 23.7 Å². The first-order valence-electron chi connectivity index (χ1n) is 8.38. The SMILES string of the molecule is CSc1ccc(Cl)c(C(=O)NCc2ccc(OCc3cccnc3)cc2)c1. The van der Waals surface area contributed by atoms with E-state index in [-0.39, 0.29) is 5.91 Å². The van der Waals surface area contributed by atoms with E-state index in [1.165, 1.54) is 0 Å². The fourth-order valence-corrected chi connectivity index (χ4v) is 3.08. The number of carbonyl (C=O) groups excluding carboxylic acids is 1. The van der Waals surface area contributed by atoms with Crippen LogP contribution in [0.15, 0.2) is 71.9 Å². The zero-order valence-corrected chi connectivity index (χ0v) is 16.4. The molecule has 0 saturated heterocycles. The Morgan fingerprint density at radius 2 is 1.96 bits per heavy atom. The van der Waals surface area contributed by atoms with Crippen LogP contribution < -0.4 is 10.1 Å². The lowest BCUT2D eigenvalue weighted by atomic mass is 10.2. The maximum absolute atomic E-state index is 12.4. The molecule has 6 heteroatoms. The molecule has 138 valence electrons. The first-order valence-corrected chi connectivity index (χ1v) is 9.98. The summed E-state index contributed by atoms with van der Waals surface area (Å²) in [6, 6.07) is 16.9. The van der Waals surface area contributed by atoms with Crippen molar-refractivity contribution in [3.8, 4) is 5.75 Å². The van der Waals surface area contributed by atoms with Gasteiger partial charge in [-0.2, -0.15) is 0 Å². The van der Waals surface area contributed by atoms with Crippen LogP contribution in [0.25, 0.3) is 0 Å². The van der Waals surface area contributed by atoms with Crippen LogP contribution in [0.2, 0.25) is 5.02 Å². The Kier molecular flexibility index (Phi) is 6.74. The number of ether oxygens (including phenoxy) is 1. The summed E-state index contributed by atoms with van der Waals surface area (Å²) in [5, 5.41) is 3.35. The van der Waals surface area contributed by atoms with Crippen molar-refractivity contribution in [2.24, 2.45) is 0 Å². The highest BCUT2D eigenvalue weighted by molar-refractivity contribution is 7.98. The Labute approximate surface area is 167 Å². The lowest BCUT2D eigenvalue weighted by Crippen LogP contribution is -2.23. The molecule has 4 nitrogen and oxygen atoms in total. The van der Waals surface area contributed by atoms with E-state index in [0.717, 1.165) is 21.8 Å². The molecule has 0 aliphatic carbocycles. The third-order valence-electron chi connectivity index (χ3n) is 3.92. The van der Waals surface area contributed by atoms with Crippen LogP contribution in [0.1, 0.15) is 21.5 Å². The van der Waals surface area contributed by atoms with Gasteiger partial charge < -0.3 is 10.1 Å². The van der Waals surface area contributed by atoms with Crippen molar-refractivity contribution in [3.05, 3.63) is 88.7 Å². The Morgan fingerprint density at radius 1 is 1.15 bits per heavy atom. The number of halogens is 1. The van der Waals surface area contributed by atoms with Gasteiger partial charge in [0.05, 0.1) is 10.6 Å². The van der Waals surface area contributed by atoms with Crippen LogP contribution in [-0.4, -0.2) is 17.1 Å². The van der Waals surface area contributed by atoms with Gasteiger partial charge in [0.15, 0.2) is 0 Å². The fraction of sp³-hybridized carbons (Fsp3) is 0.143. The van der Waals surface area contributed by atoms with Gasteiger partial charge >= 0.3 is 0 Å². The summed E-state index contributed by atoms with van der Waals surface area (Å²) < 4.78 is 5.74. The van der Waals surface area contributed by atoms with E-state index in [9.17, 15) is 4.79 Å². The van der Waals surface area contributed by atoms with Crippen molar-refractivity contribution in [2.45, 2.75) is 18.0 Å². The number of amides is 1. The maximum atomic E-state index is 12.4. The lowest BCUT2D eigenvalue weighted by Gasteiger charge is -2.10. The molecule has 1 aromatic heterocycles. The zero-order chi connectivity index (χ0) is 19.1. The molecule has 3 aromatic rings. The van der Waals surface area contributed by atoms with E-state index in [4.69, 9.17) is 16.3 Å². The lowest BCUT2D eigenvalue weighted by molar-refractivity contribution is 0.0951. The predicted molar refractivity (Wildman–Crippen MR) is 109 cm³/mol. The molecule has 0 bridgehead atoms. The third-order valence-corrected chi connectivity index (χ3v) is 4.98. The molecule has 2 aromatic carbocycles. The van der Waals surface area contributed by atoms with E-state index in [1.807, 2.05) is 48.7 Å². The smallest absolute Gasteiger partial charge is 0.253 e. The average Bonchev–Trinajstić information content (AvgIpc) is 2.72. The van der Waals surface area contributed by atoms with Crippen molar-refractivity contribution >= 4 is 29.3 Å². The number of benzene rings is 2. The van der Waals surface area contributed by atoms with Crippen LogP contribution in [0.3, 0.4) is 0 Å². The standard InChI is InChI=1S/C21H19ClN2O2S/c1-27-18-8-9-20(22)19(11-18)21(25)24-13-15-4-6-17(7-5-15)26-14-16-3-2-10-23-12-16/h2-12H,13-14H2,1H3,(H,24,25). The van der Waals surface area contributed by atoms with Crippen molar-refractivity contribution in [2.75, 3.05) is 6.26 Å². The van der Waals surface area contributed by atoms with Crippen LogP contribution in [0.4, 0.5) is 0 Å². The van der Waals surface area contributed by atoms with Gasteiger partial charge in [0, 0.05) is 29.4 Å². The largest absolute Gasteiger partial charge is 0.489 e. The van der Waals surface area contributed by atoms with Crippen LogP contribution in [-0.2, 0) is 13.2 Å². The molecule has 1 N–H and O–H groups in total. The van der Waals surface area contributed by atoms with Crippen molar-refractivity contribution in [3.63, 3.8) is 0 Å². The van der Waals surface area contributed by atoms with Crippen LogP contribution in [0, 0.1) is 0 Å². The molecule has 1 amide bonds. The predicted octanol–water partition coefficient (Wildman–Crippen LogP) is 4.97. The minimum absolute atomic E-state index is 0.187. The fourth-order valence-electron chi connectivity index (χ4n) is 2.44. The van der Waals surface area contributed by atoms with Gasteiger partial charge in [0.1, 0.15) is 12.4 Å². The highest BCUT2D eigenvalue weighted by atomic mass is 35.5. The monoisotopic (exact) mass is 398 g/mol. The maximum Gasteiger partial charge on any atom is 0.253 e. The topological polar surface area (TPSA) is 51.2 Å². The number of carbonyl (C=O) groups is 1. The quantitative estimate of drug-likeness (QED) is 0.571. The summed E-state index contributed by atoms with van der Waals surface area (Å²) in [6.07, 6.45) is 5.47. The average molecular weight is 399 g/mol. The van der Waals surface area contributed by atoms with Gasteiger partial charge in [-0.15, -0.1) is 11.8 Å². The van der Waals surface area contributed by atoms with Gasteiger partial charge in [0.2, 0.25) is 0 Å². The molecular formula is C21H19ClN2O2S. The van der Waals surface area contributed by atoms with E-state index < -0.39 is 0 Å². The molecule has 1 heterocycles. The molecule has 0 aliphatic heterocycles.